The number of phenolic OH excluding ortho intramolecular Hbond substituents is 1. The summed E-state index contributed by atoms with van der Waals surface area (Å²) in [6.07, 6.45) is 4.48. The van der Waals surface area contributed by atoms with Crippen molar-refractivity contribution in [3.63, 3.8) is 0 Å². The molecule has 0 amide bonds. The Hall–Kier alpha value is -2.72. The number of ketones is 1. The smallest absolute Gasteiger partial charge is 0.206 e. The van der Waals surface area contributed by atoms with Crippen molar-refractivity contribution < 1.29 is 23.8 Å². The zero-order chi connectivity index (χ0) is 19.0. The Bertz CT molecular complexity index is 1020. The minimum Gasteiger partial charge on any atom is -0.504 e. The highest BCUT2D eigenvalue weighted by Crippen LogP contribution is 2.46. The highest BCUT2D eigenvalue weighted by molar-refractivity contribution is 8.22. The summed E-state index contributed by atoms with van der Waals surface area (Å²) in [5.41, 5.74) is 6.28. The number of phenols is 1. The molecule has 3 rings (SSSR count). The van der Waals surface area contributed by atoms with Crippen molar-refractivity contribution in [3.05, 3.63) is 29.7 Å². The SMILES string of the molecule is COc1c(C(=O)c2cnn(C(=S)SC)c2N)c(O)c(OC)c2occc12. The lowest BCUT2D eigenvalue weighted by Gasteiger charge is -2.14. The number of nitrogens with two attached hydrogens (primary N) is 1. The molecule has 136 valence electrons. The molecule has 0 fully saturated rings. The highest BCUT2D eigenvalue weighted by Gasteiger charge is 2.30. The van der Waals surface area contributed by atoms with Crippen LogP contribution in [0.3, 0.4) is 0 Å². The van der Waals surface area contributed by atoms with Gasteiger partial charge in [0.05, 0.1) is 37.6 Å². The predicted octanol–water partition coefficient (Wildman–Crippen LogP) is 2.66. The molecule has 3 aromatic rings. The van der Waals surface area contributed by atoms with Crippen LogP contribution in [0, 0.1) is 0 Å². The third-order valence-corrected chi connectivity index (χ3v) is 5.02. The molecule has 26 heavy (non-hydrogen) atoms. The number of methoxy groups -OCH3 is 2. The van der Waals surface area contributed by atoms with Crippen molar-refractivity contribution >= 4 is 50.9 Å². The van der Waals surface area contributed by atoms with E-state index in [0.717, 1.165) is 0 Å². The van der Waals surface area contributed by atoms with Crippen LogP contribution in [0.5, 0.6) is 17.2 Å². The molecule has 0 saturated heterocycles. The molecule has 3 N–H and O–H groups in total. The number of furan rings is 1. The van der Waals surface area contributed by atoms with E-state index in [1.54, 1.807) is 12.3 Å². The molecule has 0 aliphatic rings. The third-order valence-electron chi connectivity index (χ3n) is 3.83. The Balaban J connectivity index is 2.25. The van der Waals surface area contributed by atoms with Crippen molar-refractivity contribution in [1.29, 1.82) is 0 Å². The number of aromatic hydroxyl groups is 1. The van der Waals surface area contributed by atoms with Gasteiger partial charge in [0.2, 0.25) is 11.5 Å². The lowest BCUT2D eigenvalue weighted by Crippen LogP contribution is -2.13. The standard InChI is InChI=1S/C16H15N3O5S2/c1-22-12-7-4-5-24-13(7)14(23-2)11(21)9(12)10(20)8-6-18-19(15(8)17)16(25)26-3/h4-6,21H,17H2,1-3H3. The van der Waals surface area contributed by atoms with Gasteiger partial charge in [-0.3, -0.25) is 4.79 Å². The Morgan fingerprint density at radius 1 is 1.38 bits per heavy atom. The summed E-state index contributed by atoms with van der Waals surface area (Å²) in [5.74, 6) is -0.733. The number of carbonyl (C=O) groups excluding carboxylic acids is 1. The quantitative estimate of drug-likeness (QED) is 0.510. The molecule has 8 nitrogen and oxygen atoms in total. The fourth-order valence-electron chi connectivity index (χ4n) is 2.64. The number of benzene rings is 1. The average molecular weight is 393 g/mol. The fraction of sp³-hybridized carbons (Fsp3) is 0.188. The molecular weight excluding hydrogens is 378 g/mol. The van der Waals surface area contributed by atoms with E-state index in [0.29, 0.717) is 9.71 Å². The molecule has 1 aromatic carbocycles. The first-order chi connectivity index (χ1) is 12.5. The second kappa shape index (κ2) is 6.89. The molecule has 0 radical (unpaired) electrons. The van der Waals surface area contributed by atoms with Gasteiger partial charge in [-0.1, -0.05) is 24.0 Å². The maximum atomic E-state index is 13.1. The van der Waals surface area contributed by atoms with Crippen LogP contribution in [0.25, 0.3) is 11.0 Å². The van der Waals surface area contributed by atoms with Crippen LogP contribution in [-0.4, -0.2) is 45.5 Å². The predicted molar refractivity (Wildman–Crippen MR) is 103 cm³/mol. The van der Waals surface area contributed by atoms with E-state index in [-0.39, 0.29) is 34.0 Å². The van der Waals surface area contributed by atoms with E-state index in [4.69, 9.17) is 31.8 Å². The molecule has 0 saturated carbocycles. The number of fused-ring (bicyclic) bond motifs is 1. The van der Waals surface area contributed by atoms with Gasteiger partial charge in [-0.25, -0.2) is 0 Å². The second-order valence-corrected chi connectivity index (χ2v) is 6.55. The normalized spacial score (nSPS) is 10.9. The van der Waals surface area contributed by atoms with Gasteiger partial charge in [0.25, 0.3) is 0 Å². The van der Waals surface area contributed by atoms with E-state index in [1.165, 1.54) is 43.1 Å². The summed E-state index contributed by atoms with van der Waals surface area (Å²) in [5, 5.41) is 15.2. The summed E-state index contributed by atoms with van der Waals surface area (Å²) < 4.78 is 17.6. The number of nitrogen functional groups attached to an aromatic ring is 1. The molecule has 2 aromatic heterocycles. The lowest BCUT2D eigenvalue weighted by molar-refractivity contribution is 0.103. The number of aromatic nitrogens is 2. The van der Waals surface area contributed by atoms with Gasteiger partial charge in [0, 0.05) is 0 Å². The minimum absolute atomic E-state index is 0.0275. The number of thioether (sulfide) groups is 1. The van der Waals surface area contributed by atoms with Crippen molar-refractivity contribution in [3.8, 4) is 17.2 Å². The molecule has 0 spiro atoms. The second-order valence-electron chi connectivity index (χ2n) is 5.11. The summed E-state index contributed by atoms with van der Waals surface area (Å²) in [4.78, 5) is 13.1. The first kappa shape index (κ1) is 18.1. The number of rotatable bonds is 4. The maximum Gasteiger partial charge on any atom is 0.206 e. The number of hydrogen-bond donors (Lipinski definition) is 2. The highest BCUT2D eigenvalue weighted by atomic mass is 32.2. The molecule has 10 heteroatoms. The van der Waals surface area contributed by atoms with Gasteiger partial charge in [0.15, 0.2) is 15.7 Å². The number of ether oxygens (including phenoxy) is 2. The zero-order valence-electron chi connectivity index (χ0n) is 14.1. The van der Waals surface area contributed by atoms with Gasteiger partial charge in [-0.2, -0.15) is 9.78 Å². The molecule has 2 heterocycles. The van der Waals surface area contributed by atoms with Crippen molar-refractivity contribution in [2.75, 3.05) is 26.2 Å². The van der Waals surface area contributed by atoms with Crippen LogP contribution in [0.2, 0.25) is 0 Å². The number of hydrogen-bond acceptors (Lipinski definition) is 9. The van der Waals surface area contributed by atoms with Crippen LogP contribution in [0.1, 0.15) is 15.9 Å². The van der Waals surface area contributed by atoms with Gasteiger partial charge < -0.3 is 24.7 Å². The number of thiocarbonyl (C=S) groups is 1. The van der Waals surface area contributed by atoms with Gasteiger partial charge in [0.1, 0.15) is 17.1 Å². The van der Waals surface area contributed by atoms with Crippen molar-refractivity contribution in [2.45, 2.75) is 0 Å². The molecule has 0 aliphatic carbocycles. The fourth-order valence-corrected chi connectivity index (χ4v) is 3.10. The van der Waals surface area contributed by atoms with Crippen molar-refractivity contribution in [2.24, 2.45) is 0 Å². The number of nitrogens with zero attached hydrogens (tertiary/aromatic N) is 2. The van der Waals surface area contributed by atoms with E-state index < -0.39 is 11.5 Å². The van der Waals surface area contributed by atoms with Crippen LogP contribution in [0.4, 0.5) is 5.82 Å². The van der Waals surface area contributed by atoms with Gasteiger partial charge in [-0.05, 0) is 12.3 Å². The monoisotopic (exact) mass is 393 g/mol. The van der Waals surface area contributed by atoms with Crippen LogP contribution >= 0.6 is 24.0 Å². The topological polar surface area (TPSA) is 113 Å². The summed E-state index contributed by atoms with van der Waals surface area (Å²) in [7, 11) is 2.75. The summed E-state index contributed by atoms with van der Waals surface area (Å²) >= 11 is 6.42. The van der Waals surface area contributed by atoms with E-state index in [9.17, 15) is 9.90 Å². The van der Waals surface area contributed by atoms with Gasteiger partial charge >= 0.3 is 0 Å². The Morgan fingerprint density at radius 2 is 2.08 bits per heavy atom. The van der Waals surface area contributed by atoms with Crippen molar-refractivity contribution in [1.82, 2.24) is 9.78 Å². The van der Waals surface area contributed by atoms with Crippen LogP contribution in [0.15, 0.2) is 22.9 Å². The zero-order valence-corrected chi connectivity index (χ0v) is 15.7. The van der Waals surface area contributed by atoms with E-state index in [1.807, 2.05) is 0 Å². The lowest BCUT2D eigenvalue weighted by atomic mass is 10.0. The Kier molecular flexibility index (Phi) is 4.79. The Morgan fingerprint density at radius 3 is 2.69 bits per heavy atom. The van der Waals surface area contributed by atoms with E-state index in [2.05, 4.69) is 5.10 Å². The molecule has 0 bridgehead atoms. The molecular formula is C16H15N3O5S2. The number of carbonyl (C=O) groups is 1. The minimum atomic E-state index is -0.576. The molecule has 0 unspecified atom stereocenters. The third kappa shape index (κ3) is 2.58. The first-order valence-electron chi connectivity index (χ1n) is 7.26. The van der Waals surface area contributed by atoms with Crippen LogP contribution in [-0.2, 0) is 0 Å². The molecule has 0 atom stereocenters. The molecule has 0 aliphatic heterocycles. The first-order valence-corrected chi connectivity index (χ1v) is 8.90. The summed E-state index contributed by atoms with van der Waals surface area (Å²) in [6, 6.07) is 1.61. The van der Waals surface area contributed by atoms with Crippen LogP contribution < -0.4 is 15.2 Å². The number of anilines is 1. The average Bonchev–Trinajstić information content (AvgIpc) is 3.26. The summed E-state index contributed by atoms with van der Waals surface area (Å²) in [6.45, 7) is 0. The largest absolute Gasteiger partial charge is 0.504 e. The van der Waals surface area contributed by atoms with E-state index >= 15 is 0 Å². The Labute approximate surface area is 157 Å². The maximum absolute atomic E-state index is 13.1. The van der Waals surface area contributed by atoms with Gasteiger partial charge in [-0.15, -0.1) is 0 Å².